The molecule has 0 unspecified atom stereocenters. The highest BCUT2D eigenvalue weighted by atomic mass is 16.5. The zero-order chi connectivity index (χ0) is 21.1. The second kappa shape index (κ2) is 8.04. The molecule has 0 aliphatic rings. The molecule has 3 aromatic heterocycles. The number of ether oxygens (including phenoxy) is 1. The van der Waals surface area contributed by atoms with Gasteiger partial charge < -0.3 is 19.2 Å². The first-order chi connectivity index (χ1) is 14.5. The number of amides is 1. The molecule has 30 heavy (non-hydrogen) atoms. The van der Waals surface area contributed by atoms with Crippen LogP contribution < -0.4 is 15.6 Å². The van der Waals surface area contributed by atoms with Crippen LogP contribution in [-0.4, -0.2) is 25.0 Å². The summed E-state index contributed by atoms with van der Waals surface area (Å²) in [6, 6.07) is 15.5. The lowest BCUT2D eigenvalue weighted by Gasteiger charge is -2.10. The topological polar surface area (TPSA) is 91.0 Å². The molecule has 0 saturated heterocycles. The molecule has 0 bridgehead atoms. The van der Waals surface area contributed by atoms with Crippen molar-refractivity contribution in [3.63, 3.8) is 0 Å². The second-order valence-corrected chi connectivity index (χ2v) is 6.62. The zero-order valence-corrected chi connectivity index (χ0v) is 16.4. The molecular formula is C22H19N5O3. The summed E-state index contributed by atoms with van der Waals surface area (Å²) in [5.41, 5.74) is 0.270. The Balaban J connectivity index is 1.49. The van der Waals surface area contributed by atoms with E-state index in [0.717, 1.165) is 0 Å². The first-order valence-electron chi connectivity index (χ1n) is 9.23. The third-order valence-electron chi connectivity index (χ3n) is 4.37. The molecule has 0 spiro atoms. The lowest BCUT2D eigenvalue weighted by molar-refractivity contribution is 0.102. The van der Waals surface area contributed by atoms with Gasteiger partial charge in [-0.2, -0.15) is 4.98 Å². The van der Waals surface area contributed by atoms with E-state index in [4.69, 9.17) is 4.74 Å². The van der Waals surface area contributed by atoms with Gasteiger partial charge in [0.05, 0.1) is 0 Å². The summed E-state index contributed by atoms with van der Waals surface area (Å²) in [6.07, 6.45) is 5.38. The maximum Gasteiger partial charge on any atom is 0.263 e. The van der Waals surface area contributed by atoms with Crippen LogP contribution in [0.4, 0.5) is 5.69 Å². The van der Waals surface area contributed by atoms with Gasteiger partial charge in [0.15, 0.2) is 0 Å². The quantitative estimate of drug-likeness (QED) is 0.554. The van der Waals surface area contributed by atoms with Crippen molar-refractivity contribution in [1.82, 2.24) is 19.1 Å². The number of pyridine rings is 1. The fourth-order valence-electron chi connectivity index (χ4n) is 2.89. The summed E-state index contributed by atoms with van der Waals surface area (Å²) in [5, 5.41) is 2.72. The molecule has 0 atom stereocenters. The molecule has 0 fully saturated rings. The molecular weight excluding hydrogens is 382 g/mol. The smallest absolute Gasteiger partial charge is 0.263 e. The number of nitrogens with one attached hydrogen (secondary N) is 1. The van der Waals surface area contributed by atoms with E-state index < -0.39 is 5.91 Å². The highest BCUT2D eigenvalue weighted by Gasteiger charge is 2.12. The SMILES string of the molecule is Cc1nc(Oc2ccc(NC(=O)c3cccn(C)c3=O)cc2)cc(-n2cccc2)n1. The van der Waals surface area contributed by atoms with E-state index in [1.54, 1.807) is 56.6 Å². The summed E-state index contributed by atoms with van der Waals surface area (Å²) < 4.78 is 9.07. The van der Waals surface area contributed by atoms with Gasteiger partial charge in [0.2, 0.25) is 5.88 Å². The number of aromatic nitrogens is 4. The van der Waals surface area contributed by atoms with Crippen LogP contribution in [0.1, 0.15) is 16.2 Å². The Morgan fingerprint density at radius 3 is 2.47 bits per heavy atom. The van der Waals surface area contributed by atoms with E-state index in [1.807, 2.05) is 29.1 Å². The fourth-order valence-corrected chi connectivity index (χ4v) is 2.89. The van der Waals surface area contributed by atoms with E-state index in [1.165, 1.54) is 10.6 Å². The molecule has 1 N–H and O–H groups in total. The van der Waals surface area contributed by atoms with Crippen molar-refractivity contribution in [2.45, 2.75) is 6.92 Å². The first-order valence-corrected chi connectivity index (χ1v) is 9.23. The third-order valence-corrected chi connectivity index (χ3v) is 4.37. The van der Waals surface area contributed by atoms with Crippen LogP contribution >= 0.6 is 0 Å². The van der Waals surface area contributed by atoms with Crippen LogP contribution in [0.25, 0.3) is 5.82 Å². The standard InChI is InChI=1S/C22H19N5O3/c1-15-23-19(27-12-3-4-13-27)14-20(24-15)30-17-9-7-16(8-10-17)25-21(28)18-6-5-11-26(2)22(18)29/h3-14H,1-2H3,(H,25,28). The molecule has 1 amide bonds. The summed E-state index contributed by atoms with van der Waals surface area (Å²) in [6.45, 7) is 1.80. The van der Waals surface area contributed by atoms with Gasteiger partial charge in [0.25, 0.3) is 11.5 Å². The van der Waals surface area contributed by atoms with Crippen molar-refractivity contribution in [1.29, 1.82) is 0 Å². The number of anilines is 1. The Kier molecular flexibility index (Phi) is 5.13. The minimum Gasteiger partial charge on any atom is -0.439 e. The van der Waals surface area contributed by atoms with Crippen LogP contribution in [0.5, 0.6) is 11.6 Å². The van der Waals surface area contributed by atoms with E-state index in [0.29, 0.717) is 29.0 Å². The number of carbonyl (C=O) groups excluding carboxylic acids is 1. The third kappa shape index (κ3) is 4.12. The number of aryl methyl sites for hydroxylation is 2. The van der Waals surface area contributed by atoms with E-state index in [2.05, 4.69) is 15.3 Å². The Labute approximate surface area is 172 Å². The van der Waals surface area contributed by atoms with E-state index in [9.17, 15) is 9.59 Å². The molecule has 0 aliphatic heterocycles. The van der Waals surface area contributed by atoms with Crippen molar-refractivity contribution in [2.24, 2.45) is 7.05 Å². The molecule has 8 heteroatoms. The lowest BCUT2D eigenvalue weighted by Crippen LogP contribution is -2.26. The van der Waals surface area contributed by atoms with Crippen LogP contribution in [0.15, 0.2) is 78.0 Å². The first kappa shape index (κ1) is 19.1. The average Bonchev–Trinajstić information content (AvgIpc) is 3.26. The highest BCUT2D eigenvalue weighted by molar-refractivity contribution is 6.03. The number of nitrogens with zero attached hydrogens (tertiary/aromatic N) is 4. The van der Waals surface area contributed by atoms with E-state index in [-0.39, 0.29) is 11.1 Å². The van der Waals surface area contributed by atoms with Gasteiger partial charge >= 0.3 is 0 Å². The Morgan fingerprint density at radius 1 is 1.00 bits per heavy atom. The van der Waals surface area contributed by atoms with Crippen LogP contribution in [0.2, 0.25) is 0 Å². The predicted molar refractivity (Wildman–Crippen MR) is 112 cm³/mol. The van der Waals surface area contributed by atoms with Gasteiger partial charge in [-0.3, -0.25) is 9.59 Å². The Morgan fingerprint density at radius 2 is 1.73 bits per heavy atom. The highest BCUT2D eigenvalue weighted by Crippen LogP contribution is 2.23. The van der Waals surface area contributed by atoms with Crippen LogP contribution in [-0.2, 0) is 7.05 Å². The van der Waals surface area contributed by atoms with Crippen molar-refractivity contribution in [2.75, 3.05) is 5.32 Å². The summed E-state index contributed by atoms with van der Waals surface area (Å²) in [5.74, 6) is 1.80. The molecule has 0 saturated carbocycles. The van der Waals surface area contributed by atoms with Crippen LogP contribution in [0.3, 0.4) is 0 Å². The van der Waals surface area contributed by atoms with Gasteiger partial charge in [-0.1, -0.05) is 0 Å². The largest absolute Gasteiger partial charge is 0.439 e. The fraction of sp³-hybridized carbons (Fsp3) is 0.0909. The second-order valence-electron chi connectivity index (χ2n) is 6.62. The maximum absolute atomic E-state index is 12.4. The predicted octanol–water partition coefficient (Wildman–Crippen LogP) is 3.32. The van der Waals surface area contributed by atoms with Gasteiger partial charge in [-0.15, -0.1) is 0 Å². The normalized spacial score (nSPS) is 10.6. The van der Waals surface area contributed by atoms with E-state index >= 15 is 0 Å². The molecule has 4 aromatic rings. The van der Waals surface area contributed by atoms with Crippen molar-refractivity contribution < 1.29 is 9.53 Å². The molecule has 1 aromatic carbocycles. The van der Waals surface area contributed by atoms with Gasteiger partial charge in [0.1, 0.15) is 23.0 Å². The monoisotopic (exact) mass is 401 g/mol. The Hall–Kier alpha value is -4.20. The number of benzene rings is 1. The number of rotatable bonds is 5. The van der Waals surface area contributed by atoms with Gasteiger partial charge in [-0.25, -0.2) is 4.98 Å². The van der Waals surface area contributed by atoms with Crippen molar-refractivity contribution >= 4 is 11.6 Å². The molecule has 8 nitrogen and oxygen atoms in total. The minimum absolute atomic E-state index is 0.0781. The van der Waals surface area contributed by atoms with Crippen molar-refractivity contribution in [3.8, 4) is 17.4 Å². The summed E-state index contributed by atoms with van der Waals surface area (Å²) in [4.78, 5) is 33.2. The van der Waals surface area contributed by atoms with Crippen molar-refractivity contribution in [3.05, 3.63) is 94.9 Å². The lowest BCUT2D eigenvalue weighted by atomic mass is 10.2. The summed E-state index contributed by atoms with van der Waals surface area (Å²) >= 11 is 0. The minimum atomic E-state index is -0.465. The van der Waals surface area contributed by atoms with Gasteiger partial charge in [0, 0.05) is 37.4 Å². The Bertz CT molecular complexity index is 1240. The number of hydrogen-bond acceptors (Lipinski definition) is 5. The molecule has 4 rings (SSSR count). The molecule has 150 valence electrons. The average molecular weight is 401 g/mol. The number of carbonyl (C=O) groups is 1. The number of hydrogen-bond donors (Lipinski definition) is 1. The molecule has 0 radical (unpaired) electrons. The zero-order valence-electron chi connectivity index (χ0n) is 16.4. The summed E-state index contributed by atoms with van der Waals surface area (Å²) in [7, 11) is 1.60. The van der Waals surface area contributed by atoms with Gasteiger partial charge in [-0.05, 0) is 55.5 Å². The van der Waals surface area contributed by atoms with Crippen LogP contribution in [0, 0.1) is 6.92 Å². The maximum atomic E-state index is 12.4. The molecule has 0 aliphatic carbocycles. The molecule has 3 heterocycles.